The number of carboxylic acid groups (broad SMARTS) is 1. The fourth-order valence-corrected chi connectivity index (χ4v) is 0.527. The molecule has 3 N–H and O–H groups in total. The first kappa shape index (κ1) is 13.1. The summed E-state index contributed by atoms with van der Waals surface area (Å²) in [5.74, 6) is 0.112. The number of hydrogen-bond acceptors (Lipinski definition) is 2. The van der Waals surface area contributed by atoms with Crippen LogP contribution < -0.4 is 5.73 Å². The number of aliphatic carboxylic acids is 1. The van der Waals surface area contributed by atoms with E-state index in [-0.39, 0.29) is 32.7 Å². The molecule has 0 aromatic heterocycles. The summed E-state index contributed by atoms with van der Waals surface area (Å²) in [5.41, 5.74) is 5.20. The zero-order valence-corrected chi connectivity index (χ0v) is 9.13. The van der Waals surface area contributed by atoms with E-state index < -0.39 is 12.0 Å². The Morgan fingerprint density at radius 2 is 2.10 bits per heavy atom. The van der Waals surface area contributed by atoms with Crippen molar-refractivity contribution in [1.29, 1.82) is 0 Å². The number of carboxylic acids is 1. The summed E-state index contributed by atoms with van der Waals surface area (Å²) in [7, 11) is 0. The second-order valence-electron chi connectivity index (χ2n) is 2.36. The molecular weight excluding hydrogens is 207 g/mol. The summed E-state index contributed by atoms with van der Waals surface area (Å²) < 4.78 is 0. The Morgan fingerprint density at radius 1 is 1.70 bits per heavy atom. The standard InChI is InChI=1S/C6H12NO2.Y/c1-4(2)3-5(7)6(8)9;/h5H,3,7H2,1-2H3,(H,8,9);/q-1;. The molecule has 0 heterocycles. The first-order valence-electron chi connectivity index (χ1n) is 2.81. The third kappa shape index (κ3) is 6.65. The van der Waals surface area contributed by atoms with Crippen molar-refractivity contribution < 1.29 is 42.6 Å². The Morgan fingerprint density at radius 3 is 2.20 bits per heavy atom. The molecule has 4 heteroatoms. The van der Waals surface area contributed by atoms with Crippen LogP contribution in [0.2, 0.25) is 0 Å². The van der Waals surface area contributed by atoms with E-state index in [0.717, 1.165) is 5.92 Å². The molecule has 3 nitrogen and oxygen atoms in total. The molecule has 0 aliphatic carbocycles. The van der Waals surface area contributed by atoms with E-state index in [9.17, 15) is 4.79 Å². The Hall–Kier alpha value is 0.534. The molecule has 10 heavy (non-hydrogen) atoms. The van der Waals surface area contributed by atoms with Crippen LogP contribution >= 0.6 is 0 Å². The number of rotatable bonds is 3. The third-order valence-electron chi connectivity index (χ3n) is 0.945. The monoisotopic (exact) mass is 219 g/mol. The van der Waals surface area contributed by atoms with E-state index in [1.54, 1.807) is 0 Å². The predicted molar refractivity (Wildman–Crippen MR) is 34.8 cm³/mol. The molecule has 0 spiro atoms. The van der Waals surface area contributed by atoms with Crippen molar-refractivity contribution in [3.63, 3.8) is 0 Å². The summed E-state index contributed by atoms with van der Waals surface area (Å²) in [6, 6.07) is -0.727. The Balaban J connectivity index is 0. The molecule has 0 rings (SSSR count). The zero-order valence-electron chi connectivity index (χ0n) is 6.29. The SMILES string of the molecule is C[C-](C)CC(N)C(=O)O.[Y]. The summed E-state index contributed by atoms with van der Waals surface area (Å²) in [6.07, 6.45) is 0.468. The van der Waals surface area contributed by atoms with E-state index >= 15 is 0 Å². The molecule has 0 saturated heterocycles. The topological polar surface area (TPSA) is 63.3 Å². The van der Waals surface area contributed by atoms with Gasteiger partial charge in [-0.25, -0.2) is 0 Å². The van der Waals surface area contributed by atoms with E-state index in [1.165, 1.54) is 0 Å². The normalized spacial score (nSPS) is 12.4. The van der Waals surface area contributed by atoms with E-state index in [0.29, 0.717) is 6.42 Å². The van der Waals surface area contributed by atoms with Gasteiger partial charge in [-0.3, -0.25) is 4.79 Å². The summed E-state index contributed by atoms with van der Waals surface area (Å²) >= 11 is 0. The minimum atomic E-state index is -0.934. The van der Waals surface area contributed by atoms with Gasteiger partial charge in [0.15, 0.2) is 0 Å². The smallest absolute Gasteiger partial charge is 0.317 e. The Bertz CT molecular complexity index is 106. The fraction of sp³-hybridized carbons (Fsp3) is 0.667. The van der Waals surface area contributed by atoms with Gasteiger partial charge in [-0.15, -0.1) is 0 Å². The van der Waals surface area contributed by atoms with Crippen molar-refractivity contribution in [3.8, 4) is 0 Å². The van der Waals surface area contributed by atoms with Gasteiger partial charge in [0.25, 0.3) is 0 Å². The first-order chi connectivity index (χ1) is 4.04. The second kappa shape index (κ2) is 6.26. The number of carbonyl (C=O) groups is 1. The van der Waals surface area contributed by atoms with Crippen molar-refractivity contribution >= 4 is 5.97 Å². The maximum absolute atomic E-state index is 10.1. The van der Waals surface area contributed by atoms with Crippen LogP contribution in [0.3, 0.4) is 0 Å². The Kier molecular flexibility index (Phi) is 8.23. The van der Waals surface area contributed by atoms with Crippen molar-refractivity contribution in [3.05, 3.63) is 5.92 Å². The van der Waals surface area contributed by atoms with Gasteiger partial charge in [0.05, 0.1) is 6.04 Å². The van der Waals surface area contributed by atoms with Crippen molar-refractivity contribution in [2.24, 2.45) is 5.73 Å². The number of hydrogen-bond donors (Lipinski definition) is 2. The van der Waals surface area contributed by atoms with Crippen LogP contribution in [0, 0.1) is 5.92 Å². The number of nitrogens with two attached hydrogens (primary N) is 1. The third-order valence-corrected chi connectivity index (χ3v) is 0.945. The van der Waals surface area contributed by atoms with Crippen LogP contribution in [0.4, 0.5) is 0 Å². The molecule has 1 radical (unpaired) electrons. The minimum absolute atomic E-state index is 0. The molecule has 0 aromatic carbocycles. The van der Waals surface area contributed by atoms with Gasteiger partial charge in [-0.05, 0) is 0 Å². The summed E-state index contributed by atoms with van der Waals surface area (Å²) in [6.45, 7) is 3.73. The van der Waals surface area contributed by atoms with Crippen LogP contribution in [0.15, 0.2) is 0 Å². The molecule has 57 valence electrons. The van der Waals surface area contributed by atoms with Gasteiger partial charge in [0.2, 0.25) is 0 Å². The van der Waals surface area contributed by atoms with E-state index in [4.69, 9.17) is 10.8 Å². The molecular formula is C6H12NO2Y-. The van der Waals surface area contributed by atoms with Crippen molar-refractivity contribution in [1.82, 2.24) is 0 Å². The fourth-order valence-electron chi connectivity index (χ4n) is 0.527. The summed E-state index contributed by atoms with van der Waals surface area (Å²) in [5, 5.41) is 8.29. The molecule has 0 amide bonds. The largest absolute Gasteiger partial charge is 0.480 e. The van der Waals surface area contributed by atoms with Crippen LogP contribution in [0.1, 0.15) is 20.3 Å². The van der Waals surface area contributed by atoms with Gasteiger partial charge in [0, 0.05) is 32.7 Å². The molecule has 0 aliphatic heterocycles. The van der Waals surface area contributed by atoms with Crippen molar-refractivity contribution in [2.75, 3.05) is 0 Å². The Labute approximate surface area is 86.2 Å². The van der Waals surface area contributed by atoms with Gasteiger partial charge in [-0.2, -0.15) is 20.3 Å². The molecule has 0 bridgehead atoms. The average Bonchev–Trinajstić information content (AvgIpc) is 1.63. The van der Waals surface area contributed by atoms with Gasteiger partial charge < -0.3 is 16.8 Å². The van der Waals surface area contributed by atoms with E-state index in [1.807, 2.05) is 13.8 Å². The molecule has 1 atom stereocenters. The van der Waals surface area contributed by atoms with Gasteiger partial charge >= 0.3 is 5.97 Å². The van der Waals surface area contributed by atoms with Crippen LogP contribution in [0.25, 0.3) is 0 Å². The van der Waals surface area contributed by atoms with Crippen molar-refractivity contribution in [2.45, 2.75) is 26.3 Å². The molecule has 0 saturated carbocycles. The summed E-state index contributed by atoms with van der Waals surface area (Å²) in [4.78, 5) is 10.1. The molecule has 0 fully saturated rings. The van der Waals surface area contributed by atoms with Crippen LogP contribution in [-0.4, -0.2) is 17.1 Å². The minimum Gasteiger partial charge on any atom is -0.480 e. The van der Waals surface area contributed by atoms with Crippen LogP contribution in [0.5, 0.6) is 0 Å². The first-order valence-corrected chi connectivity index (χ1v) is 2.81. The molecule has 1 unspecified atom stereocenters. The van der Waals surface area contributed by atoms with Gasteiger partial charge in [0.1, 0.15) is 0 Å². The van der Waals surface area contributed by atoms with Crippen LogP contribution in [-0.2, 0) is 37.5 Å². The molecule has 0 aromatic rings. The average molecular weight is 219 g/mol. The maximum Gasteiger partial charge on any atom is 0.317 e. The second-order valence-corrected chi connectivity index (χ2v) is 2.36. The maximum atomic E-state index is 10.1. The van der Waals surface area contributed by atoms with E-state index in [2.05, 4.69) is 0 Å². The molecule has 0 aliphatic rings. The zero-order chi connectivity index (χ0) is 7.44. The quantitative estimate of drug-likeness (QED) is 0.675. The van der Waals surface area contributed by atoms with Gasteiger partial charge in [-0.1, -0.05) is 0 Å². The predicted octanol–water partition coefficient (Wildman–Crippen LogP) is 0.400.